The van der Waals surface area contributed by atoms with Crippen LogP contribution in [-0.2, 0) is 0 Å². The Hall–Kier alpha value is -3.42. The van der Waals surface area contributed by atoms with Gasteiger partial charge < -0.3 is 14.9 Å². The highest BCUT2D eigenvalue weighted by Crippen LogP contribution is 2.33. The smallest absolute Gasteiger partial charge is 0.340 e. The van der Waals surface area contributed by atoms with E-state index in [2.05, 4.69) is 0 Å². The highest BCUT2D eigenvalue weighted by atomic mass is 16.6. The summed E-state index contributed by atoms with van der Waals surface area (Å²) in [5.41, 5.74) is -1.41. The van der Waals surface area contributed by atoms with Crippen LogP contribution in [0.5, 0.6) is 11.5 Å². The molecule has 112 valence electrons. The molecule has 2 aromatic rings. The zero-order valence-electron chi connectivity index (χ0n) is 10.9. The van der Waals surface area contributed by atoms with Crippen LogP contribution in [0.25, 0.3) is 0 Å². The number of aromatic carboxylic acids is 2. The summed E-state index contributed by atoms with van der Waals surface area (Å²) in [7, 11) is 0. The molecule has 0 spiro atoms. The van der Waals surface area contributed by atoms with E-state index in [1.807, 2.05) is 0 Å². The van der Waals surface area contributed by atoms with E-state index in [1.54, 1.807) is 0 Å². The van der Waals surface area contributed by atoms with Crippen molar-refractivity contribution in [2.75, 3.05) is 0 Å². The first-order valence-corrected chi connectivity index (χ1v) is 5.92. The van der Waals surface area contributed by atoms with Crippen molar-refractivity contribution in [3.8, 4) is 11.5 Å². The van der Waals surface area contributed by atoms with E-state index in [9.17, 15) is 24.8 Å². The molecule has 0 saturated carbocycles. The van der Waals surface area contributed by atoms with Gasteiger partial charge in [0.2, 0.25) is 5.75 Å². The molecule has 0 amide bonds. The average Bonchev–Trinajstić information content (AvgIpc) is 2.47. The van der Waals surface area contributed by atoms with Gasteiger partial charge in [0.15, 0.2) is 0 Å². The second-order valence-electron chi connectivity index (χ2n) is 4.12. The van der Waals surface area contributed by atoms with Gasteiger partial charge in [-0.3, -0.25) is 10.1 Å². The number of para-hydroxylation sites is 2. The molecule has 0 heterocycles. The van der Waals surface area contributed by atoms with Crippen LogP contribution in [-0.4, -0.2) is 27.1 Å². The van der Waals surface area contributed by atoms with E-state index in [4.69, 9.17) is 9.84 Å². The Kier molecular flexibility index (Phi) is 4.03. The zero-order chi connectivity index (χ0) is 16.3. The molecular weight excluding hydrogens is 294 g/mol. The van der Waals surface area contributed by atoms with Gasteiger partial charge >= 0.3 is 17.6 Å². The third-order valence-electron chi connectivity index (χ3n) is 2.75. The number of nitro benzene ring substituents is 1. The minimum Gasteiger partial charge on any atom is -0.478 e. The number of hydrogen-bond acceptors (Lipinski definition) is 5. The third kappa shape index (κ3) is 2.85. The van der Waals surface area contributed by atoms with Crippen molar-refractivity contribution in [1.82, 2.24) is 0 Å². The minimum absolute atomic E-state index is 0.183. The Morgan fingerprint density at radius 1 is 0.955 bits per heavy atom. The summed E-state index contributed by atoms with van der Waals surface area (Å²) in [4.78, 5) is 32.6. The maximum Gasteiger partial charge on any atom is 0.340 e. The number of carboxylic acids is 2. The molecule has 0 radical (unpaired) electrons. The number of benzene rings is 2. The molecule has 0 atom stereocenters. The summed E-state index contributed by atoms with van der Waals surface area (Å²) in [6.07, 6.45) is 0. The van der Waals surface area contributed by atoms with E-state index in [1.165, 1.54) is 36.4 Å². The zero-order valence-corrected chi connectivity index (χ0v) is 10.9. The molecule has 0 aliphatic heterocycles. The summed E-state index contributed by atoms with van der Waals surface area (Å²) in [5.74, 6) is -3.42. The molecule has 0 aliphatic rings. The van der Waals surface area contributed by atoms with Crippen LogP contribution in [0.15, 0.2) is 42.5 Å². The normalized spacial score (nSPS) is 10.0. The number of nitrogens with zero attached hydrogens (tertiary/aromatic N) is 1. The fourth-order valence-electron chi connectivity index (χ4n) is 1.83. The fraction of sp³-hybridized carbons (Fsp3) is 0. The van der Waals surface area contributed by atoms with Gasteiger partial charge in [-0.15, -0.1) is 0 Å². The van der Waals surface area contributed by atoms with Crippen molar-refractivity contribution in [1.29, 1.82) is 0 Å². The van der Waals surface area contributed by atoms with Gasteiger partial charge in [-0.25, -0.2) is 9.59 Å². The average molecular weight is 303 g/mol. The van der Waals surface area contributed by atoms with Crippen LogP contribution in [0.4, 0.5) is 5.69 Å². The first-order chi connectivity index (χ1) is 10.4. The molecule has 0 bridgehead atoms. The molecular formula is C14H9NO7. The summed E-state index contributed by atoms with van der Waals surface area (Å²) < 4.78 is 5.27. The molecule has 22 heavy (non-hydrogen) atoms. The molecule has 2 aromatic carbocycles. The lowest BCUT2D eigenvalue weighted by Gasteiger charge is -2.10. The maximum atomic E-state index is 11.3. The Morgan fingerprint density at radius 3 is 2.18 bits per heavy atom. The van der Waals surface area contributed by atoms with Crippen LogP contribution >= 0.6 is 0 Å². The Bertz CT molecular complexity index is 770. The van der Waals surface area contributed by atoms with Crippen LogP contribution in [0, 0.1) is 10.1 Å². The van der Waals surface area contributed by atoms with E-state index in [0.29, 0.717) is 0 Å². The van der Waals surface area contributed by atoms with E-state index >= 15 is 0 Å². The topological polar surface area (TPSA) is 127 Å². The molecule has 2 N–H and O–H groups in total. The number of carboxylic acid groups (broad SMARTS) is 2. The SMILES string of the molecule is O=C(O)c1cccc(Oc2ccccc2[N+](=O)[O-])c1C(=O)O. The molecule has 0 saturated heterocycles. The minimum atomic E-state index is -1.51. The van der Waals surface area contributed by atoms with Gasteiger partial charge in [0.05, 0.1) is 10.5 Å². The number of carbonyl (C=O) groups is 2. The highest BCUT2D eigenvalue weighted by molar-refractivity contribution is 6.03. The molecule has 0 fully saturated rings. The number of hydrogen-bond donors (Lipinski definition) is 2. The summed E-state index contributed by atoms with van der Waals surface area (Å²) in [6.45, 7) is 0. The summed E-state index contributed by atoms with van der Waals surface area (Å²) >= 11 is 0. The maximum absolute atomic E-state index is 11.3. The van der Waals surface area contributed by atoms with Crippen LogP contribution in [0.2, 0.25) is 0 Å². The lowest BCUT2D eigenvalue weighted by molar-refractivity contribution is -0.385. The number of ether oxygens (including phenoxy) is 1. The van der Waals surface area contributed by atoms with E-state index in [-0.39, 0.29) is 17.2 Å². The van der Waals surface area contributed by atoms with Crippen LogP contribution < -0.4 is 4.74 Å². The van der Waals surface area contributed by atoms with Gasteiger partial charge in [0, 0.05) is 6.07 Å². The lowest BCUT2D eigenvalue weighted by atomic mass is 10.1. The van der Waals surface area contributed by atoms with Crippen molar-refractivity contribution >= 4 is 17.6 Å². The largest absolute Gasteiger partial charge is 0.478 e. The first kappa shape index (κ1) is 15.0. The molecule has 8 nitrogen and oxygen atoms in total. The molecule has 0 unspecified atom stereocenters. The predicted molar refractivity (Wildman–Crippen MR) is 73.5 cm³/mol. The fourth-order valence-corrected chi connectivity index (χ4v) is 1.83. The lowest BCUT2D eigenvalue weighted by Crippen LogP contribution is -2.09. The molecule has 2 rings (SSSR count). The number of nitro groups is 1. The monoisotopic (exact) mass is 303 g/mol. The Balaban J connectivity index is 2.56. The van der Waals surface area contributed by atoms with Crippen molar-refractivity contribution in [2.24, 2.45) is 0 Å². The molecule has 0 aliphatic carbocycles. The van der Waals surface area contributed by atoms with Crippen LogP contribution in [0.3, 0.4) is 0 Å². The van der Waals surface area contributed by atoms with Gasteiger partial charge in [-0.2, -0.15) is 0 Å². The van der Waals surface area contributed by atoms with E-state index < -0.39 is 28.0 Å². The third-order valence-corrected chi connectivity index (χ3v) is 2.75. The second-order valence-corrected chi connectivity index (χ2v) is 4.12. The second kappa shape index (κ2) is 5.92. The van der Waals surface area contributed by atoms with Gasteiger partial charge in [-0.05, 0) is 18.2 Å². The van der Waals surface area contributed by atoms with Gasteiger partial charge in [-0.1, -0.05) is 18.2 Å². The van der Waals surface area contributed by atoms with Crippen molar-refractivity contribution in [3.63, 3.8) is 0 Å². The van der Waals surface area contributed by atoms with Gasteiger partial charge in [0.1, 0.15) is 11.3 Å². The predicted octanol–water partition coefficient (Wildman–Crippen LogP) is 2.78. The van der Waals surface area contributed by atoms with Crippen molar-refractivity contribution in [2.45, 2.75) is 0 Å². The van der Waals surface area contributed by atoms with Gasteiger partial charge in [0.25, 0.3) is 0 Å². The molecule has 8 heteroatoms. The summed E-state index contributed by atoms with van der Waals surface area (Å²) in [5, 5.41) is 29.1. The van der Waals surface area contributed by atoms with E-state index in [0.717, 1.165) is 6.07 Å². The number of rotatable bonds is 5. The molecule has 0 aromatic heterocycles. The standard InChI is InChI=1S/C14H9NO7/c16-13(17)8-4-3-7-11(12(8)14(18)19)22-10-6-2-1-5-9(10)15(20)21/h1-7H,(H,16,17)(H,18,19). The van der Waals surface area contributed by atoms with Crippen molar-refractivity contribution < 1.29 is 29.5 Å². The van der Waals surface area contributed by atoms with Crippen molar-refractivity contribution in [3.05, 3.63) is 63.7 Å². The Morgan fingerprint density at radius 2 is 1.59 bits per heavy atom. The quantitative estimate of drug-likeness (QED) is 0.642. The Labute approximate surface area is 123 Å². The van der Waals surface area contributed by atoms with Crippen LogP contribution in [0.1, 0.15) is 20.7 Å². The highest BCUT2D eigenvalue weighted by Gasteiger charge is 2.23. The summed E-state index contributed by atoms with van der Waals surface area (Å²) in [6, 6.07) is 9.01. The first-order valence-electron chi connectivity index (χ1n) is 5.92.